The van der Waals surface area contributed by atoms with Crippen molar-refractivity contribution in [3.63, 3.8) is 0 Å². The monoisotopic (exact) mass is 883 g/mol. The molecule has 0 aliphatic heterocycles. The Morgan fingerprint density at radius 1 is 0.382 bits per heavy atom. The van der Waals surface area contributed by atoms with Gasteiger partial charge in [0.05, 0.1) is 85.5 Å². The third-order valence-corrected chi connectivity index (χ3v) is 12.1. The molecule has 3 heterocycles. The molecule has 0 saturated carbocycles. The summed E-state index contributed by atoms with van der Waals surface area (Å²) in [5.74, 6) is 0.685. The van der Waals surface area contributed by atoms with E-state index in [1.54, 1.807) is 102 Å². The van der Waals surface area contributed by atoms with Crippen LogP contribution < -0.4 is 0 Å². The second-order valence-corrected chi connectivity index (χ2v) is 16.0. The molecule has 12 heteroatoms. The van der Waals surface area contributed by atoms with Gasteiger partial charge in [0.25, 0.3) is 0 Å². The second kappa shape index (κ2) is 16.0. The number of hydrogen-bond donors (Lipinski definition) is 0. The highest BCUT2D eigenvalue weighted by molar-refractivity contribution is 6.13. The van der Waals surface area contributed by atoms with Gasteiger partial charge in [0.15, 0.2) is 17.5 Å². The van der Waals surface area contributed by atoms with Crippen molar-refractivity contribution in [2.45, 2.75) is 6.18 Å². The lowest BCUT2D eigenvalue weighted by molar-refractivity contribution is -0.137. The van der Waals surface area contributed by atoms with Crippen LogP contribution in [0.25, 0.3) is 100 Å². The lowest BCUT2D eigenvalue weighted by Crippen LogP contribution is -2.12. The Morgan fingerprint density at radius 3 is 1.13 bits per heavy atom. The molecule has 0 saturated heterocycles. The normalized spacial score (nSPS) is 11.4. The zero-order valence-electron chi connectivity index (χ0n) is 35.3. The predicted molar refractivity (Wildman–Crippen MR) is 254 cm³/mol. The smallest absolute Gasteiger partial charge is 0.309 e. The van der Waals surface area contributed by atoms with Crippen molar-refractivity contribution in [2.75, 3.05) is 0 Å². The summed E-state index contributed by atoms with van der Waals surface area (Å²) in [6.07, 6.45) is -4.93. The minimum atomic E-state index is -4.93. The van der Waals surface area contributed by atoms with Gasteiger partial charge in [-0.1, -0.05) is 78.9 Å². The van der Waals surface area contributed by atoms with Gasteiger partial charge in [0.2, 0.25) is 0 Å². The van der Waals surface area contributed by atoms with E-state index in [4.69, 9.17) is 15.0 Å². The van der Waals surface area contributed by atoms with Gasteiger partial charge in [-0.05, 0) is 91.0 Å². The van der Waals surface area contributed by atoms with E-state index >= 15 is 13.2 Å². The maximum Gasteiger partial charge on any atom is 0.417 e. The van der Waals surface area contributed by atoms with Crippen molar-refractivity contribution in [1.82, 2.24) is 24.1 Å². The minimum Gasteiger partial charge on any atom is -0.309 e. The lowest BCUT2D eigenvalue weighted by Gasteiger charge is -2.24. The van der Waals surface area contributed by atoms with Gasteiger partial charge < -0.3 is 9.13 Å². The second-order valence-electron chi connectivity index (χ2n) is 16.0. The fourth-order valence-electron chi connectivity index (χ4n) is 9.17. The summed E-state index contributed by atoms with van der Waals surface area (Å²) in [6, 6.07) is 56.7. The van der Waals surface area contributed by atoms with Crippen LogP contribution in [0.5, 0.6) is 0 Å². The summed E-state index contributed by atoms with van der Waals surface area (Å²) >= 11 is 0. The zero-order chi connectivity index (χ0) is 46.7. The fraction of sp³-hybridized carbons (Fsp3) is 0.0179. The lowest BCUT2D eigenvalue weighted by atomic mass is 9.90. The van der Waals surface area contributed by atoms with Crippen molar-refractivity contribution >= 4 is 43.6 Å². The van der Waals surface area contributed by atoms with Gasteiger partial charge in [0.1, 0.15) is 0 Å². The Balaban J connectivity index is 1.35. The first-order valence-corrected chi connectivity index (χ1v) is 21.2. The van der Waals surface area contributed by atoms with Crippen LogP contribution >= 0.6 is 0 Å². The molecular formula is C56H28F3N9. The van der Waals surface area contributed by atoms with E-state index in [0.717, 1.165) is 6.07 Å². The maximum atomic E-state index is 16.2. The molecule has 11 aromatic rings. The number of fused-ring (bicyclic) bond motifs is 6. The molecule has 0 N–H and O–H groups in total. The number of nitriles is 4. The summed E-state index contributed by atoms with van der Waals surface area (Å²) in [6.45, 7) is 0. The number of alkyl halides is 3. The van der Waals surface area contributed by atoms with E-state index in [9.17, 15) is 21.0 Å². The van der Waals surface area contributed by atoms with Gasteiger partial charge in [0, 0.05) is 49.4 Å². The van der Waals surface area contributed by atoms with Crippen molar-refractivity contribution in [3.05, 3.63) is 198 Å². The summed E-state index contributed by atoms with van der Waals surface area (Å²) < 4.78 is 52.3. The van der Waals surface area contributed by atoms with Crippen molar-refractivity contribution in [1.29, 1.82) is 21.0 Å². The first-order valence-electron chi connectivity index (χ1n) is 21.2. The highest BCUT2D eigenvalue weighted by Gasteiger charge is 2.38. The number of halogens is 3. The standard InChI is InChI=1S/C56H28F3N9/c57-56(58,59)44-14-8-16-50(68-47-23-19-35(31-62)27-42(47)43-28-36(32-63)20-24-48(43)68)52(44)51-39(55-65-53(37-9-3-1-4-10-37)64-54(66-55)38-11-5-2-6-12-38)13-7-15-49(51)67-45-21-17-33(29-60)25-40(45)41-26-34(30-61)18-22-46(41)67/h1-28H. The Bertz CT molecular complexity index is 3870. The number of benzene rings is 8. The molecule has 0 spiro atoms. The molecule has 0 bridgehead atoms. The minimum absolute atomic E-state index is 0.0938. The molecule has 68 heavy (non-hydrogen) atoms. The first-order chi connectivity index (χ1) is 33.2. The number of aromatic nitrogens is 5. The van der Waals surface area contributed by atoms with Crippen LogP contribution in [-0.2, 0) is 6.18 Å². The maximum absolute atomic E-state index is 16.2. The van der Waals surface area contributed by atoms with E-state index in [-0.39, 0.29) is 28.2 Å². The fourth-order valence-corrected chi connectivity index (χ4v) is 9.17. The Labute approximate surface area is 385 Å². The molecule has 9 nitrogen and oxygen atoms in total. The molecule has 8 aromatic carbocycles. The van der Waals surface area contributed by atoms with E-state index in [1.165, 1.54) is 6.07 Å². The molecule has 318 valence electrons. The van der Waals surface area contributed by atoms with Gasteiger partial charge in [-0.2, -0.15) is 34.2 Å². The predicted octanol–water partition coefficient (Wildman–Crippen LogP) is 13.2. The summed E-state index contributed by atoms with van der Waals surface area (Å²) in [4.78, 5) is 15.0. The largest absolute Gasteiger partial charge is 0.417 e. The topological polar surface area (TPSA) is 144 Å². The quantitative estimate of drug-likeness (QED) is 0.162. The number of hydrogen-bond acceptors (Lipinski definition) is 7. The van der Waals surface area contributed by atoms with Gasteiger partial charge in [-0.25, -0.2) is 15.0 Å². The molecule has 0 aliphatic carbocycles. The van der Waals surface area contributed by atoms with E-state index in [1.807, 2.05) is 65.2 Å². The Morgan fingerprint density at radius 2 is 0.750 bits per heavy atom. The summed E-state index contributed by atoms with van der Waals surface area (Å²) in [7, 11) is 0. The Kier molecular flexibility index (Phi) is 9.60. The Hall–Kier alpha value is -9.88. The highest BCUT2D eigenvalue weighted by Crippen LogP contribution is 2.49. The van der Waals surface area contributed by atoms with E-state index in [2.05, 4.69) is 24.3 Å². The number of nitrogens with zero attached hydrogens (tertiary/aromatic N) is 9. The van der Waals surface area contributed by atoms with Crippen LogP contribution in [0.3, 0.4) is 0 Å². The molecule has 0 unspecified atom stereocenters. The van der Waals surface area contributed by atoms with E-state index < -0.39 is 11.7 Å². The van der Waals surface area contributed by atoms with Crippen molar-refractivity contribution in [3.8, 4) is 80.9 Å². The number of rotatable bonds is 6. The third-order valence-electron chi connectivity index (χ3n) is 12.1. The SMILES string of the molecule is N#Cc1ccc2c(c1)c1cc(C#N)ccc1n2-c1cccc(-c2nc(-c3ccccc3)nc(-c3ccccc3)n2)c1-c1c(-n2c3ccc(C#N)cc3c3cc(C#N)ccc32)cccc1C(F)(F)F. The van der Waals surface area contributed by atoms with Crippen LogP contribution in [0, 0.1) is 45.3 Å². The molecule has 0 atom stereocenters. The molecule has 0 aliphatic rings. The van der Waals surface area contributed by atoms with Crippen LogP contribution in [0.4, 0.5) is 13.2 Å². The first kappa shape index (κ1) is 40.9. The average molecular weight is 884 g/mol. The third kappa shape index (κ3) is 6.65. The van der Waals surface area contributed by atoms with Crippen LogP contribution in [-0.4, -0.2) is 24.1 Å². The summed E-state index contributed by atoms with van der Waals surface area (Å²) in [5.41, 5.74) is 4.47. The molecular weight excluding hydrogens is 856 g/mol. The zero-order valence-corrected chi connectivity index (χ0v) is 35.3. The molecule has 11 rings (SSSR count). The van der Waals surface area contributed by atoms with E-state index in [0.29, 0.717) is 94.3 Å². The summed E-state index contributed by atoms with van der Waals surface area (Å²) in [5, 5.41) is 42.4. The van der Waals surface area contributed by atoms with Crippen LogP contribution in [0.2, 0.25) is 0 Å². The molecule has 0 amide bonds. The molecule has 0 fully saturated rings. The van der Waals surface area contributed by atoms with Gasteiger partial charge in [-0.15, -0.1) is 0 Å². The molecule has 0 radical (unpaired) electrons. The molecule has 3 aromatic heterocycles. The van der Waals surface area contributed by atoms with Gasteiger partial charge >= 0.3 is 6.18 Å². The van der Waals surface area contributed by atoms with Crippen molar-refractivity contribution < 1.29 is 13.2 Å². The highest BCUT2D eigenvalue weighted by atomic mass is 19.4. The van der Waals surface area contributed by atoms with Gasteiger partial charge in [-0.3, -0.25) is 0 Å². The van der Waals surface area contributed by atoms with Crippen LogP contribution in [0.15, 0.2) is 170 Å². The van der Waals surface area contributed by atoms with Crippen molar-refractivity contribution in [2.24, 2.45) is 0 Å². The van der Waals surface area contributed by atoms with Crippen LogP contribution in [0.1, 0.15) is 27.8 Å². The average Bonchev–Trinajstić information content (AvgIpc) is 3.89.